The van der Waals surface area contributed by atoms with Crippen LogP contribution in [-0.2, 0) is 6.42 Å². The molecule has 2 aromatic carbocycles. The minimum absolute atomic E-state index is 0.196. The highest BCUT2D eigenvalue weighted by atomic mass is 32.1. The van der Waals surface area contributed by atoms with Crippen LogP contribution in [0, 0.1) is 0 Å². The van der Waals surface area contributed by atoms with Crippen molar-refractivity contribution in [3.05, 3.63) is 53.4 Å². The Labute approximate surface area is 141 Å². The summed E-state index contributed by atoms with van der Waals surface area (Å²) in [7, 11) is 1.63. The number of methoxy groups -OCH3 is 1. The molecule has 0 bridgehead atoms. The van der Waals surface area contributed by atoms with Gasteiger partial charge in [-0.2, -0.15) is 0 Å². The second-order valence-electron chi connectivity index (χ2n) is 5.14. The molecule has 4 aromatic rings. The van der Waals surface area contributed by atoms with E-state index in [2.05, 4.69) is 15.2 Å². The van der Waals surface area contributed by atoms with Crippen LogP contribution in [0.2, 0.25) is 0 Å². The zero-order valence-corrected chi connectivity index (χ0v) is 13.6. The number of aromatic hydroxyl groups is 1. The van der Waals surface area contributed by atoms with Crippen LogP contribution in [0.3, 0.4) is 0 Å². The van der Waals surface area contributed by atoms with Crippen LogP contribution in [0.1, 0.15) is 10.9 Å². The molecular weight excluding hydrogens is 326 g/mol. The molecule has 0 aliphatic carbocycles. The molecule has 0 atom stereocenters. The van der Waals surface area contributed by atoms with Crippen LogP contribution in [0.4, 0.5) is 0 Å². The molecule has 0 spiro atoms. The molecule has 24 heavy (non-hydrogen) atoms. The van der Waals surface area contributed by atoms with E-state index in [9.17, 15) is 5.11 Å². The minimum Gasteiger partial charge on any atom is -0.508 e. The number of nitrogens with zero attached hydrogens (tertiary/aromatic N) is 3. The number of thiazole rings is 1. The number of phenols is 1. The first-order valence-corrected chi connectivity index (χ1v) is 8.09. The van der Waals surface area contributed by atoms with Gasteiger partial charge in [-0.1, -0.05) is 6.07 Å². The minimum atomic E-state index is 0.196. The van der Waals surface area contributed by atoms with Crippen molar-refractivity contribution in [3.8, 4) is 23.0 Å². The molecule has 0 saturated heterocycles. The standard InChI is InChI=1S/C17H13N3O3S/c1-22-12-3-2-4-13-16(12)18-15(24-13)9-14-19-20-17(23-14)10-5-7-11(21)8-6-10/h2-8,21H,9H2,1H3. The molecule has 2 heterocycles. The Bertz CT molecular complexity index is 992. The summed E-state index contributed by atoms with van der Waals surface area (Å²) in [6, 6.07) is 12.5. The Balaban J connectivity index is 1.61. The number of para-hydroxylation sites is 1. The van der Waals surface area contributed by atoms with Gasteiger partial charge in [0.1, 0.15) is 22.0 Å². The first kappa shape index (κ1) is 14.6. The summed E-state index contributed by atoms with van der Waals surface area (Å²) < 4.78 is 12.1. The summed E-state index contributed by atoms with van der Waals surface area (Å²) in [5, 5.41) is 18.3. The van der Waals surface area contributed by atoms with E-state index in [-0.39, 0.29) is 5.75 Å². The van der Waals surface area contributed by atoms with Gasteiger partial charge >= 0.3 is 0 Å². The van der Waals surface area contributed by atoms with Gasteiger partial charge in [-0.3, -0.25) is 0 Å². The highest BCUT2D eigenvalue weighted by Gasteiger charge is 2.13. The largest absolute Gasteiger partial charge is 0.508 e. The summed E-state index contributed by atoms with van der Waals surface area (Å²) in [5.74, 6) is 1.87. The fraction of sp³-hybridized carbons (Fsp3) is 0.118. The van der Waals surface area contributed by atoms with Gasteiger partial charge in [0.05, 0.1) is 18.2 Å². The lowest BCUT2D eigenvalue weighted by atomic mass is 10.2. The van der Waals surface area contributed by atoms with E-state index in [4.69, 9.17) is 9.15 Å². The number of rotatable bonds is 4. The van der Waals surface area contributed by atoms with Gasteiger partial charge in [-0.15, -0.1) is 21.5 Å². The Morgan fingerprint density at radius 3 is 2.75 bits per heavy atom. The number of aromatic nitrogens is 3. The second-order valence-corrected chi connectivity index (χ2v) is 6.25. The summed E-state index contributed by atoms with van der Waals surface area (Å²) >= 11 is 1.58. The van der Waals surface area contributed by atoms with Crippen LogP contribution < -0.4 is 4.74 Å². The Kier molecular flexibility index (Phi) is 3.62. The van der Waals surface area contributed by atoms with Crippen LogP contribution in [0.25, 0.3) is 21.7 Å². The molecule has 7 heteroatoms. The van der Waals surface area contributed by atoms with E-state index >= 15 is 0 Å². The van der Waals surface area contributed by atoms with E-state index < -0.39 is 0 Å². The van der Waals surface area contributed by atoms with E-state index in [0.29, 0.717) is 18.2 Å². The maximum atomic E-state index is 9.33. The van der Waals surface area contributed by atoms with E-state index in [1.165, 1.54) is 0 Å². The average molecular weight is 339 g/mol. The van der Waals surface area contributed by atoms with Gasteiger partial charge in [0.25, 0.3) is 0 Å². The van der Waals surface area contributed by atoms with E-state index in [1.54, 1.807) is 42.7 Å². The summed E-state index contributed by atoms with van der Waals surface area (Å²) in [4.78, 5) is 4.61. The third-order valence-corrected chi connectivity index (χ3v) is 4.55. The molecule has 1 N–H and O–H groups in total. The van der Waals surface area contributed by atoms with Crippen molar-refractivity contribution in [1.82, 2.24) is 15.2 Å². The predicted molar refractivity (Wildman–Crippen MR) is 90.4 cm³/mol. The Morgan fingerprint density at radius 2 is 1.96 bits per heavy atom. The molecule has 0 unspecified atom stereocenters. The second kappa shape index (κ2) is 5.93. The van der Waals surface area contributed by atoms with Gasteiger partial charge in [0, 0.05) is 5.56 Å². The molecule has 0 aliphatic rings. The average Bonchev–Trinajstić information content (AvgIpc) is 3.22. The maximum Gasteiger partial charge on any atom is 0.247 e. The number of benzene rings is 2. The Hall–Kier alpha value is -2.93. The van der Waals surface area contributed by atoms with Crippen LogP contribution in [0.15, 0.2) is 46.9 Å². The monoisotopic (exact) mass is 339 g/mol. The van der Waals surface area contributed by atoms with Crippen LogP contribution >= 0.6 is 11.3 Å². The molecule has 2 aromatic heterocycles. The topological polar surface area (TPSA) is 81.3 Å². The molecule has 0 saturated carbocycles. The van der Waals surface area contributed by atoms with Crippen molar-refractivity contribution < 1.29 is 14.3 Å². The number of fused-ring (bicyclic) bond motifs is 1. The summed E-state index contributed by atoms with van der Waals surface area (Å²) in [6.45, 7) is 0. The van der Waals surface area contributed by atoms with Crippen molar-refractivity contribution in [1.29, 1.82) is 0 Å². The first-order chi connectivity index (χ1) is 11.7. The highest BCUT2D eigenvalue weighted by molar-refractivity contribution is 7.18. The number of phenolic OH excluding ortho intramolecular Hbond substituents is 1. The quantitative estimate of drug-likeness (QED) is 0.611. The molecule has 0 fully saturated rings. The van der Waals surface area contributed by atoms with Crippen molar-refractivity contribution in [2.75, 3.05) is 7.11 Å². The van der Waals surface area contributed by atoms with Gasteiger partial charge in [-0.25, -0.2) is 4.98 Å². The number of hydrogen-bond donors (Lipinski definition) is 1. The fourth-order valence-corrected chi connectivity index (χ4v) is 3.36. The van der Waals surface area contributed by atoms with Crippen molar-refractivity contribution >= 4 is 21.6 Å². The molecule has 0 aliphatic heterocycles. The molecule has 120 valence electrons. The van der Waals surface area contributed by atoms with Crippen molar-refractivity contribution in [2.45, 2.75) is 6.42 Å². The van der Waals surface area contributed by atoms with Gasteiger partial charge in [0.2, 0.25) is 11.8 Å². The van der Waals surface area contributed by atoms with Crippen LogP contribution in [-0.4, -0.2) is 27.4 Å². The lowest BCUT2D eigenvalue weighted by molar-refractivity contribution is 0.419. The summed E-state index contributed by atoms with van der Waals surface area (Å²) in [6.07, 6.45) is 0.466. The lowest BCUT2D eigenvalue weighted by Crippen LogP contribution is -1.88. The molecule has 0 amide bonds. The Morgan fingerprint density at radius 1 is 1.12 bits per heavy atom. The maximum absolute atomic E-state index is 9.33. The molecule has 0 radical (unpaired) electrons. The zero-order chi connectivity index (χ0) is 16.5. The smallest absolute Gasteiger partial charge is 0.247 e. The third kappa shape index (κ3) is 2.69. The van der Waals surface area contributed by atoms with E-state index in [0.717, 1.165) is 26.5 Å². The molecular formula is C17H13N3O3S. The SMILES string of the molecule is COc1cccc2sc(Cc3nnc(-c4ccc(O)cc4)o3)nc12. The highest BCUT2D eigenvalue weighted by Crippen LogP contribution is 2.30. The molecule has 4 rings (SSSR count). The van der Waals surface area contributed by atoms with Crippen molar-refractivity contribution in [2.24, 2.45) is 0 Å². The van der Waals surface area contributed by atoms with Crippen LogP contribution in [0.5, 0.6) is 11.5 Å². The number of ether oxygens (including phenoxy) is 1. The normalized spacial score (nSPS) is 11.0. The lowest BCUT2D eigenvalue weighted by Gasteiger charge is -1.98. The van der Waals surface area contributed by atoms with E-state index in [1.807, 2.05) is 18.2 Å². The predicted octanol–water partition coefficient (Wildman–Crippen LogP) is 3.65. The zero-order valence-electron chi connectivity index (χ0n) is 12.8. The van der Waals surface area contributed by atoms with Crippen molar-refractivity contribution in [3.63, 3.8) is 0 Å². The third-order valence-electron chi connectivity index (χ3n) is 3.53. The summed E-state index contributed by atoms with van der Waals surface area (Å²) in [5.41, 5.74) is 1.61. The molecule has 6 nitrogen and oxygen atoms in total. The first-order valence-electron chi connectivity index (χ1n) is 7.27. The van der Waals surface area contributed by atoms with Gasteiger partial charge in [0.15, 0.2) is 0 Å². The fourth-order valence-electron chi connectivity index (χ4n) is 2.38. The van der Waals surface area contributed by atoms with Gasteiger partial charge in [-0.05, 0) is 36.4 Å². The number of hydrogen-bond acceptors (Lipinski definition) is 7. The van der Waals surface area contributed by atoms with Gasteiger partial charge < -0.3 is 14.3 Å².